The van der Waals surface area contributed by atoms with Crippen molar-refractivity contribution in [1.82, 2.24) is 15.2 Å². The standard InChI is InChI=1S/C13H16F2N4/c1-19-6-5-9(18-19)7-10(17-16)8-11-12(14)3-2-4-13(11)15/h2-6,10,17H,7-8,16H2,1H3. The number of hydrogen-bond acceptors (Lipinski definition) is 3. The fraction of sp³-hybridized carbons (Fsp3) is 0.308. The number of hydrogen-bond donors (Lipinski definition) is 2. The first-order chi connectivity index (χ1) is 9.10. The molecule has 0 bridgehead atoms. The van der Waals surface area contributed by atoms with Gasteiger partial charge in [0.25, 0.3) is 0 Å². The lowest BCUT2D eigenvalue weighted by Gasteiger charge is -2.15. The normalized spacial score (nSPS) is 12.6. The van der Waals surface area contributed by atoms with Crippen molar-refractivity contribution in [2.75, 3.05) is 0 Å². The van der Waals surface area contributed by atoms with E-state index in [4.69, 9.17) is 5.84 Å². The van der Waals surface area contributed by atoms with Crippen molar-refractivity contribution in [3.05, 3.63) is 53.4 Å². The SMILES string of the molecule is Cn1ccc(CC(Cc2c(F)cccc2F)NN)n1. The van der Waals surface area contributed by atoms with Gasteiger partial charge in [0.1, 0.15) is 11.6 Å². The van der Waals surface area contributed by atoms with Gasteiger partial charge in [-0.15, -0.1) is 0 Å². The maximum Gasteiger partial charge on any atom is 0.129 e. The summed E-state index contributed by atoms with van der Waals surface area (Å²) >= 11 is 0. The molecule has 0 fully saturated rings. The van der Waals surface area contributed by atoms with E-state index in [1.54, 1.807) is 4.68 Å². The highest BCUT2D eigenvalue weighted by molar-refractivity contribution is 5.21. The lowest BCUT2D eigenvalue weighted by Crippen LogP contribution is -2.39. The Hall–Kier alpha value is -1.79. The molecule has 0 aliphatic carbocycles. The molecule has 0 aliphatic heterocycles. The Balaban J connectivity index is 2.11. The number of nitrogens with one attached hydrogen (secondary N) is 1. The minimum absolute atomic E-state index is 0.0429. The van der Waals surface area contributed by atoms with Crippen molar-refractivity contribution >= 4 is 0 Å². The number of rotatable bonds is 5. The minimum atomic E-state index is -0.554. The summed E-state index contributed by atoms with van der Waals surface area (Å²) in [6, 6.07) is 5.40. The molecule has 0 saturated carbocycles. The van der Waals surface area contributed by atoms with Gasteiger partial charge in [0, 0.05) is 31.3 Å². The maximum absolute atomic E-state index is 13.6. The lowest BCUT2D eigenvalue weighted by atomic mass is 10.0. The molecular weight excluding hydrogens is 250 g/mol. The number of benzene rings is 1. The predicted molar refractivity (Wildman–Crippen MR) is 68.1 cm³/mol. The molecule has 2 rings (SSSR count). The average molecular weight is 266 g/mol. The van der Waals surface area contributed by atoms with E-state index in [1.165, 1.54) is 18.2 Å². The van der Waals surface area contributed by atoms with E-state index in [0.717, 1.165) is 5.69 Å². The number of nitrogens with two attached hydrogens (primary N) is 1. The molecular formula is C13H16F2N4. The largest absolute Gasteiger partial charge is 0.276 e. The number of aryl methyl sites for hydroxylation is 1. The van der Waals surface area contributed by atoms with Crippen LogP contribution in [0.1, 0.15) is 11.3 Å². The minimum Gasteiger partial charge on any atom is -0.276 e. The number of halogens is 2. The zero-order valence-corrected chi connectivity index (χ0v) is 10.6. The Bertz CT molecular complexity index is 533. The van der Waals surface area contributed by atoms with Crippen LogP contribution >= 0.6 is 0 Å². The van der Waals surface area contributed by atoms with Crippen molar-refractivity contribution in [2.45, 2.75) is 18.9 Å². The van der Waals surface area contributed by atoms with E-state index in [-0.39, 0.29) is 18.0 Å². The second-order valence-electron chi connectivity index (χ2n) is 4.45. The smallest absolute Gasteiger partial charge is 0.129 e. The Morgan fingerprint density at radius 3 is 2.47 bits per heavy atom. The summed E-state index contributed by atoms with van der Waals surface area (Å²) in [4.78, 5) is 0. The van der Waals surface area contributed by atoms with E-state index in [0.29, 0.717) is 6.42 Å². The van der Waals surface area contributed by atoms with Gasteiger partial charge < -0.3 is 0 Å². The van der Waals surface area contributed by atoms with Crippen LogP contribution in [-0.4, -0.2) is 15.8 Å². The van der Waals surface area contributed by atoms with Crippen LogP contribution in [0.4, 0.5) is 8.78 Å². The van der Waals surface area contributed by atoms with Crippen molar-refractivity contribution in [3.63, 3.8) is 0 Å². The van der Waals surface area contributed by atoms with Crippen LogP contribution in [0.5, 0.6) is 0 Å². The van der Waals surface area contributed by atoms with Crippen LogP contribution in [0.15, 0.2) is 30.5 Å². The quantitative estimate of drug-likeness (QED) is 0.634. The van der Waals surface area contributed by atoms with E-state index >= 15 is 0 Å². The number of nitrogens with zero attached hydrogens (tertiary/aromatic N) is 2. The van der Waals surface area contributed by atoms with Crippen LogP contribution in [0, 0.1) is 11.6 Å². The Kier molecular flexibility index (Phi) is 4.24. The molecule has 1 aromatic carbocycles. The highest BCUT2D eigenvalue weighted by Crippen LogP contribution is 2.15. The Labute approximate surface area is 110 Å². The molecule has 0 amide bonds. The van der Waals surface area contributed by atoms with Crippen LogP contribution in [-0.2, 0) is 19.9 Å². The van der Waals surface area contributed by atoms with Gasteiger partial charge >= 0.3 is 0 Å². The summed E-state index contributed by atoms with van der Waals surface area (Å²) in [5, 5.41) is 4.22. The molecule has 3 N–H and O–H groups in total. The van der Waals surface area contributed by atoms with Gasteiger partial charge in [0.05, 0.1) is 5.69 Å². The predicted octanol–water partition coefficient (Wildman–Crippen LogP) is 1.32. The summed E-state index contributed by atoms with van der Waals surface area (Å²) in [6.45, 7) is 0. The topological polar surface area (TPSA) is 55.9 Å². The molecule has 0 spiro atoms. The summed E-state index contributed by atoms with van der Waals surface area (Å²) in [6.07, 6.45) is 2.49. The molecule has 0 aliphatic rings. The molecule has 19 heavy (non-hydrogen) atoms. The van der Waals surface area contributed by atoms with E-state index < -0.39 is 11.6 Å². The Morgan fingerprint density at radius 2 is 1.95 bits per heavy atom. The van der Waals surface area contributed by atoms with Crippen LogP contribution in [0.3, 0.4) is 0 Å². The highest BCUT2D eigenvalue weighted by Gasteiger charge is 2.16. The summed E-state index contributed by atoms with van der Waals surface area (Å²) in [5.41, 5.74) is 3.44. The fourth-order valence-electron chi connectivity index (χ4n) is 1.99. The zero-order valence-electron chi connectivity index (χ0n) is 10.6. The van der Waals surface area contributed by atoms with Gasteiger partial charge in [-0.1, -0.05) is 6.07 Å². The van der Waals surface area contributed by atoms with Crippen molar-refractivity contribution in [3.8, 4) is 0 Å². The number of hydrazine groups is 1. The monoisotopic (exact) mass is 266 g/mol. The first-order valence-electron chi connectivity index (χ1n) is 5.97. The molecule has 102 valence electrons. The second-order valence-corrected chi connectivity index (χ2v) is 4.45. The fourth-order valence-corrected chi connectivity index (χ4v) is 1.99. The van der Waals surface area contributed by atoms with Crippen LogP contribution < -0.4 is 11.3 Å². The van der Waals surface area contributed by atoms with E-state index in [1.807, 2.05) is 19.3 Å². The van der Waals surface area contributed by atoms with Gasteiger partial charge in [0.2, 0.25) is 0 Å². The average Bonchev–Trinajstić information content (AvgIpc) is 2.78. The first kappa shape index (κ1) is 13.6. The van der Waals surface area contributed by atoms with E-state index in [9.17, 15) is 8.78 Å². The molecule has 1 unspecified atom stereocenters. The first-order valence-corrected chi connectivity index (χ1v) is 5.97. The van der Waals surface area contributed by atoms with Crippen molar-refractivity contribution < 1.29 is 8.78 Å². The molecule has 1 heterocycles. The second kappa shape index (κ2) is 5.90. The van der Waals surface area contributed by atoms with Crippen LogP contribution in [0.25, 0.3) is 0 Å². The molecule has 0 saturated heterocycles. The third-order valence-corrected chi connectivity index (χ3v) is 2.97. The zero-order chi connectivity index (χ0) is 13.8. The van der Waals surface area contributed by atoms with Crippen molar-refractivity contribution in [1.29, 1.82) is 0 Å². The molecule has 0 radical (unpaired) electrons. The van der Waals surface area contributed by atoms with Gasteiger partial charge in [-0.05, 0) is 24.6 Å². The molecule has 4 nitrogen and oxygen atoms in total. The van der Waals surface area contributed by atoms with Crippen LogP contribution in [0.2, 0.25) is 0 Å². The number of aromatic nitrogens is 2. The lowest BCUT2D eigenvalue weighted by molar-refractivity contribution is 0.480. The van der Waals surface area contributed by atoms with Crippen molar-refractivity contribution in [2.24, 2.45) is 12.9 Å². The summed E-state index contributed by atoms with van der Waals surface area (Å²) < 4.78 is 28.8. The molecule has 2 aromatic rings. The molecule has 6 heteroatoms. The van der Waals surface area contributed by atoms with Gasteiger partial charge in [-0.2, -0.15) is 5.10 Å². The third kappa shape index (κ3) is 3.36. The summed E-state index contributed by atoms with van der Waals surface area (Å²) in [7, 11) is 1.81. The van der Waals surface area contributed by atoms with Gasteiger partial charge in [-0.25, -0.2) is 8.78 Å². The van der Waals surface area contributed by atoms with E-state index in [2.05, 4.69) is 10.5 Å². The maximum atomic E-state index is 13.6. The third-order valence-electron chi connectivity index (χ3n) is 2.97. The highest BCUT2D eigenvalue weighted by atomic mass is 19.1. The Morgan fingerprint density at radius 1 is 1.26 bits per heavy atom. The summed E-state index contributed by atoms with van der Waals surface area (Å²) in [5.74, 6) is 4.34. The molecule has 1 aromatic heterocycles. The van der Waals surface area contributed by atoms with Gasteiger partial charge in [-0.3, -0.25) is 16.0 Å². The van der Waals surface area contributed by atoms with Gasteiger partial charge in [0.15, 0.2) is 0 Å². The molecule has 1 atom stereocenters.